The molecular weight excluding hydrogens is 305 g/mol. The van der Waals surface area contributed by atoms with Gasteiger partial charge in [-0.2, -0.15) is 0 Å². The van der Waals surface area contributed by atoms with Crippen molar-refractivity contribution in [3.05, 3.63) is 52.3 Å². The number of nitrogens with zero attached hydrogens (tertiary/aromatic N) is 1. The summed E-state index contributed by atoms with van der Waals surface area (Å²) >= 11 is 11.8. The fourth-order valence-corrected chi connectivity index (χ4v) is 3.15. The maximum Gasteiger partial charge on any atom is 0.120 e. The summed E-state index contributed by atoms with van der Waals surface area (Å²) in [5, 5.41) is 0.879. The molecule has 0 spiro atoms. The van der Waals surface area contributed by atoms with Crippen molar-refractivity contribution in [1.82, 2.24) is 4.98 Å². The van der Waals surface area contributed by atoms with Crippen molar-refractivity contribution in [3.63, 3.8) is 0 Å². The Kier molecular flexibility index (Phi) is 4.80. The Morgan fingerprint density at radius 2 is 2.11 bits per heavy atom. The van der Waals surface area contributed by atoms with Crippen molar-refractivity contribution >= 4 is 34.0 Å². The highest BCUT2D eigenvalue weighted by atomic mass is 35.5. The maximum atomic E-state index is 12.2. The molecule has 0 saturated heterocycles. The van der Waals surface area contributed by atoms with Crippen molar-refractivity contribution in [2.24, 2.45) is 0 Å². The van der Waals surface area contributed by atoms with E-state index >= 15 is 0 Å². The SMILES string of the molecule is COc1cccc([S@@](=O)Cc2ncc(Cl)cc2Cl)c1. The standard InChI is InChI=1S/C13H11Cl2NO2S/c1-18-10-3-2-4-11(6-10)19(17)8-13-12(15)5-9(14)7-16-13/h2-7H,8H2,1H3/t19-/m0/s1. The minimum absolute atomic E-state index is 0.239. The number of benzene rings is 1. The molecule has 100 valence electrons. The van der Waals surface area contributed by atoms with E-state index in [0.29, 0.717) is 26.4 Å². The van der Waals surface area contributed by atoms with Gasteiger partial charge >= 0.3 is 0 Å². The van der Waals surface area contributed by atoms with Crippen molar-refractivity contribution in [1.29, 1.82) is 0 Å². The summed E-state index contributed by atoms with van der Waals surface area (Å²) in [6, 6.07) is 8.70. The van der Waals surface area contributed by atoms with Crippen molar-refractivity contribution < 1.29 is 8.95 Å². The van der Waals surface area contributed by atoms with Crippen LogP contribution in [0.15, 0.2) is 41.4 Å². The third kappa shape index (κ3) is 3.69. The van der Waals surface area contributed by atoms with Gasteiger partial charge in [0, 0.05) is 11.1 Å². The Hall–Kier alpha value is -1.10. The van der Waals surface area contributed by atoms with Crippen LogP contribution >= 0.6 is 23.2 Å². The second-order valence-electron chi connectivity index (χ2n) is 3.75. The third-order valence-corrected chi connectivity index (χ3v) is 4.31. The molecule has 0 saturated carbocycles. The van der Waals surface area contributed by atoms with Crippen LogP contribution in [-0.2, 0) is 16.6 Å². The molecule has 0 aliphatic rings. The Bertz CT molecular complexity index is 619. The lowest BCUT2D eigenvalue weighted by atomic mass is 10.3. The first-order valence-electron chi connectivity index (χ1n) is 5.42. The van der Waals surface area contributed by atoms with Crippen molar-refractivity contribution in [2.45, 2.75) is 10.6 Å². The monoisotopic (exact) mass is 315 g/mol. The molecule has 1 aromatic heterocycles. The van der Waals surface area contributed by atoms with Gasteiger partial charge < -0.3 is 4.74 Å². The molecule has 0 radical (unpaired) electrons. The molecule has 6 heteroatoms. The molecule has 19 heavy (non-hydrogen) atoms. The first-order valence-corrected chi connectivity index (χ1v) is 7.50. The number of aromatic nitrogens is 1. The number of pyridine rings is 1. The quantitative estimate of drug-likeness (QED) is 0.863. The zero-order valence-corrected chi connectivity index (χ0v) is 12.4. The fourth-order valence-electron chi connectivity index (χ4n) is 1.50. The highest BCUT2D eigenvalue weighted by molar-refractivity contribution is 7.84. The van der Waals surface area contributed by atoms with E-state index in [2.05, 4.69) is 4.98 Å². The van der Waals surface area contributed by atoms with E-state index in [4.69, 9.17) is 27.9 Å². The lowest BCUT2D eigenvalue weighted by molar-refractivity contribution is 0.413. The number of hydrogen-bond donors (Lipinski definition) is 0. The van der Waals surface area contributed by atoms with Gasteiger partial charge in [-0.3, -0.25) is 9.19 Å². The van der Waals surface area contributed by atoms with Gasteiger partial charge in [-0.25, -0.2) is 0 Å². The Balaban J connectivity index is 2.20. The second-order valence-corrected chi connectivity index (χ2v) is 6.05. The molecule has 0 aliphatic carbocycles. The number of hydrogen-bond acceptors (Lipinski definition) is 3. The van der Waals surface area contributed by atoms with Gasteiger partial charge in [0.2, 0.25) is 0 Å². The number of methoxy groups -OCH3 is 1. The summed E-state index contributed by atoms with van der Waals surface area (Å²) in [6.45, 7) is 0. The molecular formula is C13H11Cl2NO2S. The molecule has 0 bridgehead atoms. The van der Waals surface area contributed by atoms with Crippen LogP contribution in [0.2, 0.25) is 10.0 Å². The van der Waals surface area contributed by atoms with Crippen LogP contribution in [-0.4, -0.2) is 16.3 Å². The fraction of sp³-hybridized carbons (Fsp3) is 0.154. The molecule has 2 rings (SSSR count). The molecule has 1 aromatic carbocycles. The van der Waals surface area contributed by atoms with E-state index in [0.717, 1.165) is 0 Å². The van der Waals surface area contributed by atoms with Gasteiger partial charge in [-0.05, 0) is 24.3 Å². The van der Waals surface area contributed by atoms with Crippen LogP contribution in [0.1, 0.15) is 5.69 Å². The minimum atomic E-state index is -1.23. The van der Waals surface area contributed by atoms with Gasteiger partial charge in [0.15, 0.2) is 0 Å². The van der Waals surface area contributed by atoms with Crippen LogP contribution in [0.3, 0.4) is 0 Å². The van der Waals surface area contributed by atoms with Crippen molar-refractivity contribution in [2.75, 3.05) is 7.11 Å². The van der Waals surface area contributed by atoms with Gasteiger partial charge in [0.05, 0.1) is 39.4 Å². The van der Waals surface area contributed by atoms with E-state index in [9.17, 15) is 4.21 Å². The molecule has 0 unspecified atom stereocenters. The number of halogens is 2. The summed E-state index contributed by atoms with van der Waals surface area (Å²) in [4.78, 5) is 4.77. The Morgan fingerprint density at radius 3 is 2.79 bits per heavy atom. The summed E-state index contributed by atoms with van der Waals surface area (Å²) in [6.07, 6.45) is 1.49. The predicted molar refractivity (Wildman–Crippen MR) is 77.4 cm³/mol. The molecule has 1 heterocycles. The van der Waals surface area contributed by atoms with Gasteiger partial charge in [0.1, 0.15) is 5.75 Å². The summed E-state index contributed by atoms with van der Waals surface area (Å²) < 4.78 is 17.3. The smallest absolute Gasteiger partial charge is 0.120 e. The Morgan fingerprint density at radius 1 is 1.32 bits per heavy atom. The predicted octanol–water partition coefficient (Wildman–Crippen LogP) is 3.70. The molecule has 0 fully saturated rings. The first-order chi connectivity index (χ1) is 9.10. The summed E-state index contributed by atoms with van der Waals surface area (Å²) in [7, 11) is 0.336. The molecule has 0 aliphatic heterocycles. The Labute approximate surface area is 124 Å². The van der Waals surface area contributed by atoms with E-state index in [1.165, 1.54) is 6.20 Å². The van der Waals surface area contributed by atoms with Crippen LogP contribution in [0.4, 0.5) is 0 Å². The third-order valence-electron chi connectivity index (χ3n) is 2.46. The van der Waals surface area contributed by atoms with Crippen LogP contribution in [0, 0.1) is 0 Å². The highest BCUT2D eigenvalue weighted by Crippen LogP contribution is 2.22. The molecule has 2 aromatic rings. The highest BCUT2D eigenvalue weighted by Gasteiger charge is 2.10. The molecule has 1 atom stereocenters. The van der Waals surface area contributed by atoms with Crippen LogP contribution < -0.4 is 4.74 Å². The summed E-state index contributed by atoms with van der Waals surface area (Å²) in [5.74, 6) is 0.907. The number of ether oxygens (including phenoxy) is 1. The second kappa shape index (κ2) is 6.37. The average Bonchev–Trinajstić information content (AvgIpc) is 2.42. The molecule has 0 amide bonds. The van der Waals surface area contributed by atoms with E-state index in [1.807, 2.05) is 0 Å². The number of rotatable bonds is 4. The van der Waals surface area contributed by atoms with Crippen LogP contribution in [0.5, 0.6) is 5.75 Å². The minimum Gasteiger partial charge on any atom is -0.497 e. The van der Waals surface area contributed by atoms with E-state index in [1.54, 1.807) is 37.4 Å². The lowest BCUT2D eigenvalue weighted by Crippen LogP contribution is -2.00. The molecule has 3 nitrogen and oxygen atoms in total. The van der Waals surface area contributed by atoms with Crippen molar-refractivity contribution in [3.8, 4) is 5.75 Å². The largest absolute Gasteiger partial charge is 0.497 e. The first kappa shape index (κ1) is 14.3. The van der Waals surface area contributed by atoms with Gasteiger partial charge in [-0.1, -0.05) is 29.3 Å². The topological polar surface area (TPSA) is 39.2 Å². The lowest BCUT2D eigenvalue weighted by Gasteiger charge is -2.06. The normalized spacial score (nSPS) is 12.2. The zero-order chi connectivity index (χ0) is 13.8. The zero-order valence-electron chi connectivity index (χ0n) is 10.1. The van der Waals surface area contributed by atoms with Crippen LogP contribution in [0.25, 0.3) is 0 Å². The summed E-state index contributed by atoms with van der Waals surface area (Å²) in [5.41, 5.74) is 0.562. The van der Waals surface area contributed by atoms with Gasteiger partial charge in [-0.15, -0.1) is 0 Å². The maximum absolute atomic E-state index is 12.2. The van der Waals surface area contributed by atoms with E-state index < -0.39 is 10.8 Å². The van der Waals surface area contributed by atoms with E-state index in [-0.39, 0.29) is 5.75 Å². The molecule has 0 N–H and O–H groups in total. The average molecular weight is 316 g/mol. The van der Waals surface area contributed by atoms with Gasteiger partial charge in [0.25, 0.3) is 0 Å².